The molecule has 4 nitrogen and oxygen atoms in total. The Kier molecular flexibility index (Phi) is 3.51. The number of esters is 1. The molecular formula is C10H12BrNO3S. The summed E-state index contributed by atoms with van der Waals surface area (Å²) >= 11 is 4.97. The van der Waals surface area contributed by atoms with E-state index < -0.39 is 5.41 Å². The molecule has 0 aliphatic carbocycles. The van der Waals surface area contributed by atoms with Gasteiger partial charge in [-0.2, -0.15) is 0 Å². The zero-order chi connectivity index (χ0) is 11.6. The maximum absolute atomic E-state index is 11.6. The molecule has 88 valence electrons. The molecule has 0 saturated carbocycles. The lowest BCUT2D eigenvalue weighted by Gasteiger charge is -2.38. The number of hydrogen-bond donors (Lipinski definition) is 1. The Bertz CT molecular complexity index is 389. The monoisotopic (exact) mass is 305 g/mol. The average Bonchev–Trinajstić information content (AvgIpc) is 2.62. The van der Waals surface area contributed by atoms with Gasteiger partial charge in [-0.1, -0.05) is 0 Å². The fraction of sp³-hybridized carbons (Fsp3) is 0.500. The van der Waals surface area contributed by atoms with Gasteiger partial charge in [0.15, 0.2) is 0 Å². The van der Waals surface area contributed by atoms with Crippen molar-refractivity contribution < 1.29 is 14.3 Å². The molecule has 16 heavy (non-hydrogen) atoms. The second kappa shape index (κ2) is 4.73. The Morgan fingerprint density at radius 1 is 1.75 bits per heavy atom. The van der Waals surface area contributed by atoms with Crippen molar-refractivity contribution in [1.82, 2.24) is 0 Å². The van der Waals surface area contributed by atoms with Gasteiger partial charge >= 0.3 is 5.97 Å². The van der Waals surface area contributed by atoms with Gasteiger partial charge in [0, 0.05) is 16.4 Å². The van der Waals surface area contributed by atoms with Crippen molar-refractivity contribution in [2.24, 2.45) is 5.41 Å². The summed E-state index contributed by atoms with van der Waals surface area (Å²) in [6.45, 7) is 1.41. The van der Waals surface area contributed by atoms with Gasteiger partial charge in [-0.25, -0.2) is 0 Å². The number of methoxy groups -OCH3 is 1. The first kappa shape index (κ1) is 11.9. The molecule has 6 heteroatoms. The molecular weight excluding hydrogens is 294 g/mol. The van der Waals surface area contributed by atoms with Crippen molar-refractivity contribution in [2.45, 2.75) is 0 Å². The number of nitrogens with one attached hydrogen (secondary N) is 1. The summed E-state index contributed by atoms with van der Waals surface area (Å²) in [5, 5.41) is 6.25. The zero-order valence-electron chi connectivity index (χ0n) is 8.79. The molecule has 1 aliphatic heterocycles. The van der Waals surface area contributed by atoms with E-state index in [1.54, 1.807) is 11.3 Å². The van der Waals surface area contributed by atoms with Crippen molar-refractivity contribution in [1.29, 1.82) is 0 Å². The lowest BCUT2D eigenvalue weighted by Crippen LogP contribution is -2.54. The van der Waals surface area contributed by atoms with Crippen molar-refractivity contribution >= 4 is 38.2 Å². The molecule has 1 N–H and O–H groups in total. The third kappa shape index (κ3) is 2.23. The standard InChI is InChI=1S/C10H12BrNO3S/c1-14-9(13)10(5-15-6-10)4-12-8-2-7(11)3-16-8/h2-3,12H,4-6H2,1H3. The number of rotatable bonds is 4. The summed E-state index contributed by atoms with van der Waals surface area (Å²) in [6.07, 6.45) is 0. The van der Waals surface area contributed by atoms with Crippen LogP contribution in [0, 0.1) is 5.41 Å². The molecule has 1 fully saturated rings. The number of carbonyl (C=O) groups excluding carboxylic acids is 1. The van der Waals surface area contributed by atoms with Crippen LogP contribution in [0.5, 0.6) is 0 Å². The molecule has 0 bridgehead atoms. The third-order valence-electron chi connectivity index (χ3n) is 2.54. The van der Waals surface area contributed by atoms with Crippen LogP contribution in [0.2, 0.25) is 0 Å². The minimum absolute atomic E-state index is 0.207. The number of anilines is 1. The van der Waals surface area contributed by atoms with E-state index in [0.717, 1.165) is 9.47 Å². The predicted octanol–water partition coefficient (Wildman–Crippen LogP) is 2.11. The van der Waals surface area contributed by atoms with E-state index in [-0.39, 0.29) is 5.97 Å². The maximum Gasteiger partial charge on any atom is 0.318 e. The maximum atomic E-state index is 11.6. The van der Waals surface area contributed by atoms with Crippen LogP contribution in [0.15, 0.2) is 15.9 Å². The second-order valence-electron chi connectivity index (χ2n) is 3.75. The van der Waals surface area contributed by atoms with E-state index in [0.29, 0.717) is 19.8 Å². The van der Waals surface area contributed by atoms with Crippen molar-refractivity contribution in [2.75, 3.05) is 32.2 Å². The van der Waals surface area contributed by atoms with Gasteiger partial charge in [0.05, 0.1) is 25.3 Å². The van der Waals surface area contributed by atoms with Gasteiger partial charge < -0.3 is 14.8 Å². The topological polar surface area (TPSA) is 47.6 Å². The van der Waals surface area contributed by atoms with E-state index in [9.17, 15) is 4.79 Å². The lowest BCUT2D eigenvalue weighted by molar-refractivity contribution is -0.180. The van der Waals surface area contributed by atoms with Gasteiger partial charge in [0.2, 0.25) is 0 Å². The van der Waals surface area contributed by atoms with Crippen LogP contribution in [0.4, 0.5) is 5.00 Å². The number of thiophene rings is 1. The zero-order valence-corrected chi connectivity index (χ0v) is 11.2. The molecule has 1 aromatic heterocycles. The fourth-order valence-corrected chi connectivity index (χ4v) is 2.84. The van der Waals surface area contributed by atoms with Crippen molar-refractivity contribution in [3.05, 3.63) is 15.9 Å². The van der Waals surface area contributed by atoms with Crippen LogP contribution in [0.25, 0.3) is 0 Å². The minimum Gasteiger partial charge on any atom is -0.468 e. The van der Waals surface area contributed by atoms with Crippen LogP contribution in [-0.4, -0.2) is 32.8 Å². The Labute approximate surface area is 106 Å². The van der Waals surface area contributed by atoms with Crippen LogP contribution in [-0.2, 0) is 14.3 Å². The number of hydrogen-bond acceptors (Lipinski definition) is 5. The first-order chi connectivity index (χ1) is 7.66. The van der Waals surface area contributed by atoms with Crippen molar-refractivity contribution in [3.63, 3.8) is 0 Å². The van der Waals surface area contributed by atoms with E-state index in [2.05, 4.69) is 21.2 Å². The molecule has 0 unspecified atom stereocenters. The summed E-state index contributed by atoms with van der Waals surface area (Å²) in [6, 6.07) is 1.98. The molecule has 0 atom stereocenters. The van der Waals surface area contributed by atoms with E-state index in [1.807, 2.05) is 11.4 Å². The second-order valence-corrected chi connectivity index (χ2v) is 5.57. The van der Waals surface area contributed by atoms with E-state index >= 15 is 0 Å². The third-order valence-corrected chi connectivity index (χ3v) is 4.19. The van der Waals surface area contributed by atoms with Crippen LogP contribution in [0.3, 0.4) is 0 Å². The summed E-state index contributed by atoms with van der Waals surface area (Å²) in [4.78, 5) is 11.6. The molecule has 0 radical (unpaired) electrons. The molecule has 0 aromatic carbocycles. The van der Waals surface area contributed by atoms with Gasteiger partial charge in [-0.3, -0.25) is 4.79 Å². The highest BCUT2D eigenvalue weighted by Crippen LogP contribution is 2.31. The molecule has 2 heterocycles. The average molecular weight is 306 g/mol. The van der Waals surface area contributed by atoms with Gasteiger partial charge in [-0.05, 0) is 22.0 Å². The van der Waals surface area contributed by atoms with Gasteiger partial charge in [-0.15, -0.1) is 11.3 Å². The summed E-state index contributed by atoms with van der Waals surface area (Å²) < 4.78 is 10.9. The van der Waals surface area contributed by atoms with Crippen LogP contribution >= 0.6 is 27.3 Å². The Morgan fingerprint density at radius 3 is 2.94 bits per heavy atom. The Balaban J connectivity index is 1.95. The SMILES string of the molecule is COC(=O)C1(CNc2cc(Br)cs2)COC1. The molecule has 0 amide bonds. The molecule has 1 aromatic rings. The van der Waals surface area contributed by atoms with E-state index in [4.69, 9.17) is 9.47 Å². The molecule has 0 spiro atoms. The number of ether oxygens (including phenoxy) is 2. The van der Waals surface area contributed by atoms with Gasteiger partial charge in [0.25, 0.3) is 0 Å². The molecule has 1 aliphatic rings. The fourth-order valence-electron chi connectivity index (χ4n) is 1.52. The smallest absolute Gasteiger partial charge is 0.318 e. The summed E-state index contributed by atoms with van der Waals surface area (Å²) in [7, 11) is 1.41. The van der Waals surface area contributed by atoms with E-state index in [1.165, 1.54) is 7.11 Å². The van der Waals surface area contributed by atoms with Crippen molar-refractivity contribution in [3.8, 4) is 0 Å². The van der Waals surface area contributed by atoms with Crippen LogP contribution in [0.1, 0.15) is 0 Å². The highest BCUT2D eigenvalue weighted by Gasteiger charge is 2.47. The number of halogens is 1. The van der Waals surface area contributed by atoms with Gasteiger partial charge in [0.1, 0.15) is 5.41 Å². The first-order valence-corrected chi connectivity index (χ1v) is 6.48. The predicted molar refractivity (Wildman–Crippen MR) is 65.8 cm³/mol. The highest BCUT2D eigenvalue weighted by atomic mass is 79.9. The highest BCUT2D eigenvalue weighted by molar-refractivity contribution is 9.10. The quantitative estimate of drug-likeness (QED) is 0.866. The Hall–Kier alpha value is -0.590. The summed E-state index contributed by atoms with van der Waals surface area (Å²) in [5.74, 6) is -0.207. The lowest BCUT2D eigenvalue weighted by atomic mass is 9.86. The number of carbonyl (C=O) groups is 1. The molecule has 2 rings (SSSR count). The van der Waals surface area contributed by atoms with Crippen LogP contribution < -0.4 is 5.32 Å². The minimum atomic E-state index is -0.509. The normalized spacial score (nSPS) is 17.6. The summed E-state index contributed by atoms with van der Waals surface area (Å²) in [5.41, 5.74) is -0.509. The Morgan fingerprint density at radius 2 is 2.50 bits per heavy atom. The largest absolute Gasteiger partial charge is 0.468 e. The first-order valence-electron chi connectivity index (χ1n) is 4.80. The molecule has 1 saturated heterocycles.